The van der Waals surface area contributed by atoms with Crippen molar-refractivity contribution >= 4 is 0 Å². The van der Waals surface area contributed by atoms with E-state index in [1.54, 1.807) is 0 Å². The van der Waals surface area contributed by atoms with Crippen LogP contribution in [0.25, 0.3) is 0 Å². The van der Waals surface area contributed by atoms with Gasteiger partial charge >= 0.3 is 0 Å². The van der Waals surface area contributed by atoms with Crippen LogP contribution in [-0.4, -0.2) is 9.55 Å². The molecule has 0 radical (unpaired) electrons. The van der Waals surface area contributed by atoms with Gasteiger partial charge in [0.15, 0.2) is 0 Å². The number of rotatable bonds is 4. The molecule has 106 valence electrons. The van der Waals surface area contributed by atoms with E-state index in [1.807, 2.05) is 6.33 Å². The first-order valence-corrected chi connectivity index (χ1v) is 7.65. The van der Waals surface area contributed by atoms with Gasteiger partial charge in [-0.15, -0.1) is 0 Å². The van der Waals surface area contributed by atoms with Crippen molar-refractivity contribution in [2.24, 2.45) is 5.73 Å². The number of nitrogens with two attached hydrogens (primary N) is 1. The van der Waals surface area contributed by atoms with E-state index in [2.05, 4.69) is 40.0 Å². The van der Waals surface area contributed by atoms with Crippen LogP contribution in [-0.2, 0) is 13.1 Å². The van der Waals surface area contributed by atoms with Crippen molar-refractivity contribution < 1.29 is 0 Å². The summed E-state index contributed by atoms with van der Waals surface area (Å²) in [5.41, 5.74) is 9.78. The summed E-state index contributed by atoms with van der Waals surface area (Å²) in [6.45, 7) is 1.49. The van der Waals surface area contributed by atoms with Gasteiger partial charge in [-0.05, 0) is 24.0 Å². The van der Waals surface area contributed by atoms with E-state index in [0.29, 0.717) is 12.5 Å². The van der Waals surface area contributed by atoms with Crippen molar-refractivity contribution in [3.63, 3.8) is 0 Å². The molecule has 0 saturated heterocycles. The molecule has 0 atom stereocenters. The third kappa shape index (κ3) is 2.78. The Morgan fingerprint density at radius 2 is 1.85 bits per heavy atom. The highest BCUT2D eigenvalue weighted by Gasteiger charge is 2.19. The van der Waals surface area contributed by atoms with Gasteiger partial charge in [0.05, 0.1) is 6.33 Å². The zero-order valence-electron chi connectivity index (χ0n) is 12.0. The van der Waals surface area contributed by atoms with E-state index in [-0.39, 0.29) is 0 Å². The van der Waals surface area contributed by atoms with E-state index in [9.17, 15) is 0 Å². The molecule has 3 heteroatoms. The topological polar surface area (TPSA) is 43.8 Å². The van der Waals surface area contributed by atoms with E-state index < -0.39 is 0 Å². The first-order chi connectivity index (χ1) is 9.88. The normalized spacial score (nSPS) is 16.4. The summed E-state index contributed by atoms with van der Waals surface area (Å²) in [7, 11) is 0. The van der Waals surface area contributed by atoms with Crippen LogP contribution in [0.3, 0.4) is 0 Å². The van der Waals surface area contributed by atoms with Crippen molar-refractivity contribution in [1.82, 2.24) is 9.55 Å². The Kier molecular flexibility index (Phi) is 4.16. The predicted octanol–water partition coefficient (Wildman–Crippen LogP) is 3.44. The summed E-state index contributed by atoms with van der Waals surface area (Å²) in [5, 5.41) is 0. The summed E-state index contributed by atoms with van der Waals surface area (Å²) in [5.74, 6) is 0.691. The zero-order valence-corrected chi connectivity index (χ0v) is 12.0. The Bertz CT molecular complexity index is 553. The fourth-order valence-electron chi connectivity index (χ4n) is 3.30. The molecular formula is C17H23N3. The fraction of sp³-hybridized carbons (Fsp3) is 0.471. The van der Waals surface area contributed by atoms with Crippen LogP contribution in [0, 0.1) is 0 Å². The highest BCUT2D eigenvalue weighted by molar-refractivity contribution is 5.27. The maximum atomic E-state index is 5.84. The lowest BCUT2D eigenvalue weighted by Crippen LogP contribution is -2.12. The lowest BCUT2D eigenvalue weighted by atomic mass is 9.87. The minimum Gasteiger partial charge on any atom is -0.330 e. The molecule has 2 N–H and O–H groups in total. The Morgan fingerprint density at radius 3 is 2.60 bits per heavy atom. The number of aromatic nitrogens is 2. The highest BCUT2D eigenvalue weighted by atomic mass is 15.0. The second-order valence-corrected chi connectivity index (χ2v) is 5.75. The summed E-state index contributed by atoms with van der Waals surface area (Å²) in [6, 6.07) is 8.44. The third-order valence-corrected chi connectivity index (χ3v) is 4.45. The van der Waals surface area contributed by atoms with Gasteiger partial charge in [-0.2, -0.15) is 0 Å². The molecule has 0 aliphatic heterocycles. The maximum Gasteiger partial charge on any atom is 0.0951 e. The second-order valence-electron chi connectivity index (χ2n) is 5.75. The molecule has 0 bridgehead atoms. The van der Waals surface area contributed by atoms with Crippen LogP contribution in [0.2, 0.25) is 0 Å². The van der Waals surface area contributed by atoms with Gasteiger partial charge < -0.3 is 10.3 Å². The number of benzene rings is 1. The SMILES string of the molecule is NCc1ccccc1Cn1cncc1C1CCCCC1. The Hall–Kier alpha value is -1.61. The Labute approximate surface area is 120 Å². The third-order valence-electron chi connectivity index (χ3n) is 4.45. The Morgan fingerprint density at radius 1 is 1.10 bits per heavy atom. The minimum absolute atomic E-state index is 0.601. The second kappa shape index (κ2) is 6.23. The van der Waals surface area contributed by atoms with Crippen LogP contribution in [0.15, 0.2) is 36.8 Å². The number of hydrogen-bond donors (Lipinski definition) is 1. The molecule has 1 fully saturated rings. The molecule has 0 spiro atoms. The molecule has 1 aliphatic carbocycles. The van der Waals surface area contributed by atoms with Gasteiger partial charge in [-0.3, -0.25) is 0 Å². The molecule has 0 unspecified atom stereocenters. The van der Waals surface area contributed by atoms with E-state index in [4.69, 9.17) is 5.73 Å². The molecule has 1 saturated carbocycles. The average Bonchev–Trinajstić information content (AvgIpc) is 2.97. The highest BCUT2D eigenvalue weighted by Crippen LogP contribution is 2.32. The molecule has 2 aromatic rings. The van der Waals surface area contributed by atoms with E-state index >= 15 is 0 Å². The summed E-state index contributed by atoms with van der Waals surface area (Å²) in [6.07, 6.45) is 10.7. The van der Waals surface area contributed by atoms with Crippen LogP contribution >= 0.6 is 0 Å². The van der Waals surface area contributed by atoms with E-state index in [1.165, 1.54) is 48.9 Å². The smallest absolute Gasteiger partial charge is 0.0951 e. The molecule has 3 nitrogen and oxygen atoms in total. The molecule has 20 heavy (non-hydrogen) atoms. The summed E-state index contributed by atoms with van der Waals surface area (Å²) >= 11 is 0. The largest absolute Gasteiger partial charge is 0.330 e. The van der Waals surface area contributed by atoms with Gasteiger partial charge in [0, 0.05) is 30.9 Å². The fourth-order valence-corrected chi connectivity index (χ4v) is 3.30. The van der Waals surface area contributed by atoms with Gasteiger partial charge in [0.1, 0.15) is 0 Å². The van der Waals surface area contributed by atoms with Gasteiger partial charge in [0.2, 0.25) is 0 Å². The van der Waals surface area contributed by atoms with Crippen LogP contribution in [0.1, 0.15) is 54.8 Å². The first-order valence-electron chi connectivity index (χ1n) is 7.65. The molecular weight excluding hydrogens is 246 g/mol. The van der Waals surface area contributed by atoms with Gasteiger partial charge in [-0.1, -0.05) is 43.5 Å². The summed E-state index contributed by atoms with van der Waals surface area (Å²) in [4.78, 5) is 4.38. The lowest BCUT2D eigenvalue weighted by molar-refractivity contribution is 0.426. The number of nitrogens with zero attached hydrogens (tertiary/aromatic N) is 2. The van der Waals surface area contributed by atoms with E-state index in [0.717, 1.165) is 6.54 Å². The lowest BCUT2D eigenvalue weighted by Gasteiger charge is -2.23. The van der Waals surface area contributed by atoms with Gasteiger partial charge in [-0.25, -0.2) is 4.98 Å². The van der Waals surface area contributed by atoms with Crippen LogP contribution < -0.4 is 5.73 Å². The van der Waals surface area contributed by atoms with Gasteiger partial charge in [0.25, 0.3) is 0 Å². The van der Waals surface area contributed by atoms with Crippen LogP contribution in [0.5, 0.6) is 0 Å². The van der Waals surface area contributed by atoms with Crippen molar-refractivity contribution in [2.45, 2.75) is 51.1 Å². The monoisotopic (exact) mass is 269 g/mol. The molecule has 1 aromatic carbocycles. The number of imidazole rings is 1. The molecule has 0 amide bonds. The van der Waals surface area contributed by atoms with Crippen molar-refractivity contribution in [3.8, 4) is 0 Å². The molecule has 1 aliphatic rings. The van der Waals surface area contributed by atoms with Crippen molar-refractivity contribution in [2.75, 3.05) is 0 Å². The Balaban J connectivity index is 1.82. The van der Waals surface area contributed by atoms with Crippen molar-refractivity contribution in [1.29, 1.82) is 0 Å². The average molecular weight is 269 g/mol. The predicted molar refractivity (Wildman–Crippen MR) is 81.5 cm³/mol. The molecule has 1 heterocycles. The quantitative estimate of drug-likeness (QED) is 0.924. The molecule has 1 aromatic heterocycles. The van der Waals surface area contributed by atoms with Crippen molar-refractivity contribution in [3.05, 3.63) is 53.6 Å². The number of hydrogen-bond acceptors (Lipinski definition) is 2. The maximum absolute atomic E-state index is 5.84. The standard InChI is InChI=1S/C17H23N3/c18-10-15-8-4-5-9-16(15)12-20-13-19-11-17(20)14-6-2-1-3-7-14/h4-5,8-9,11,13-14H,1-3,6-7,10,12,18H2. The minimum atomic E-state index is 0.601. The molecule has 3 rings (SSSR count). The summed E-state index contributed by atoms with van der Waals surface area (Å²) < 4.78 is 2.31. The first kappa shape index (κ1) is 13.4. The van der Waals surface area contributed by atoms with Crippen LogP contribution in [0.4, 0.5) is 0 Å². The zero-order chi connectivity index (χ0) is 13.8.